The van der Waals surface area contributed by atoms with Gasteiger partial charge in [-0.25, -0.2) is 0 Å². The molecule has 14 heteroatoms. The number of benzene rings is 2. The van der Waals surface area contributed by atoms with Crippen LogP contribution in [0.4, 0.5) is 0 Å². The molecule has 10 atom stereocenters. The molecule has 2 aliphatic rings. The summed E-state index contributed by atoms with van der Waals surface area (Å²) in [6.45, 7) is 0.704. The Labute approximate surface area is 231 Å². The minimum absolute atomic E-state index is 0.00857. The molecule has 2 fully saturated rings. The van der Waals surface area contributed by atoms with Crippen LogP contribution in [0.25, 0.3) is 22.3 Å². The number of phenols is 2. The summed E-state index contributed by atoms with van der Waals surface area (Å²) in [5.41, 5.74) is -0.182. The van der Waals surface area contributed by atoms with Gasteiger partial charge in [0, 0.05) is 23.8 Å². The molecule has 14 nitrogen and oxygen atoms in total. The lowest BCUT2D eigenvalue weighted by molar-refractivity contribution is -0.354. The summed E-state index contributed by atoms with van der Waals surface area (Å²) in [6, 6.07) is 9.38. The lowest BCUT2D eigenvalue weighted by Gasteiger charge is -2.45. The lowest BCUT2D eigenvalue weighted by Crippen LogP contribution is -2.64. The van der Waals surface area contributed by atoms with E-state index in [1.54, 1.807) is 0 Å². The number of aliphatic hydroxyl groups is 6. The van der Waals surface area contributed by atoms with Crippen LogP contribution in [-0.4, -0.2) is 109 Å². The molecule has 0 saturated carbocycles. The van der Waals surface area contributed by atoms with Gasteiger partial charge in [0.2, 0.25) is 6.29 Å². The van der Waals surface area contributed by atoms with E-state index in [2.05, 4.69) is 0 Å². The SMILES string of the molecule is C[C@H]1O[C@@H](O[C@@H]2[C@@H](Oc3cc(O)c4c(=O)cc(-c5ccc(O)cc5)oc4c3)O[C@@H](CO)[C@H](O)[C@H]2O)[C@H](O)[C@@H](O)[C@@H]1O. The number of hydrogen-bond donors (Lipinski definition) is 8. The highest BCUT2D eigenvalue weighted by atomic mass is 16.8. The van der Waals surface area contributed by atoms with E-state index in [0.717, 1.165) is 6.07 Å². The zero-order valence-electron chi connectivity index (χ0n) is 21.5. The van der Waals surface area contributed by atoms with E-state index in [4.69, 9.17) is 23.4 Å². The van der Waals surface area contributed by atoms with Crippen molar-refractivity contribution in [2.45, 2.75) is 68.3 Å². The third-order valence-electron chi connectivity index (χ3n) is 7.11. The number of rotatable bonds is 6. The number of aliphatic hydroxyl groups excluding tert-OH is 6. The van der Waals surface area contributed by atoms with Crippen LogP contribution in [0.2, 0.25) is 0 Å². The molecule has 2 saturated heterocycles. The second kappa shape index (κ2) is 11.5. The predicted octanol–water partition coefficient (Wildman–Crippen LogP) is -1.10. The van der Waals surface area contributed by atoms with Crippen LogP contribution in [0.1, 0.15) is 6.92 Å². The average molecular weight is 579 g/mol. The largest absolute Gasteiger partial charge is 0.508 e. The van der Waals surface area contributed by atoms with Gasteiger partial charge in [-0.15, -0.1) is 0 Å². The Kier molecular flexibility index (Phi) is 8.20. The van der Waals surface area contributed by atoms with Crippen molar-refractivity contribution in [3.63, 3.8) is 0 Å². The lowest BCUT2D eigenvalue weighted by atomic mass is 9.97. The first-order valence-corrected chi connectivity index (χ1v) is 12.7. The highest BCUT2D eigenvalue weighted by Crippen LogP contribution is 2.35. The van der Waals surface area contributed by atoms with E-state index in [0.29, 0.717) is 5.56 Å². The molecule has 41 heavy (non-hydrogen) atoms. The Bertz CT molecular complexity index is 1420. The van der Waals surface area contributed by atoms with Gasteiger partial charge in [-0.2, -0.15) is 0 Å². The van der Waals surface area contributed by atoms with Crippen molar-refractivity contribution >= 4 is 11.0 Å². The van der Waals surface area contributed by atoms with Gasteiger partial charge in [0.1, 0.15) is 70.6 Å². The molecule has 0 aliphatic carbocycles. The monoisotopic (exact) mass is 578 g/mol. The van der Waals surface area contributed by atoms with Crippen LogP contribution >= 0.6 is 0 Å². The predicted molar refractivity (Wildman–Crippen MR) is 137 cm³/mol. The van der Waals surface area contributed by atoms with E-state index in [1.165, 1.54) is 43.3 Å². The minimum atomic E-state index is -1.76. The molecular formula is C27H30O14. The maximum atomic E-state index is 12.8. The van der Waals surface area contributed by atoms with Crippen molar-refractivity contribution in [1.29, 1.82) is 0 Å². The highest BCUT2D eigenvalue weighted by Gasteiger charge is 2.50. The summed E-state index contributed by atoms with van der Waals surface area (Å²) in [7, 11) is 0. The maximum Gasteiger partial charge on any atom is 0.229 e. The summed E-state index contributed by atoms with van der Waals surface area (Å²) in [5.74, 6) is -0.498. The standard InChI is InChI=1S/C27H30O14/c1-10-20(32)22(34)24(36)26(37-10)41-25-23(35)21(33)18(9-28)40-27(25)38-13-6-14(30)19-15(31)8-16(39-17(19)7-13)11-2-4-12(29)5-3-11/h2-8,10,18,20-30,32-36H,9H2,1H3/t10-,18+,20-,21+,22+,23-,24-,25+,26+,27+/m1/s1. The van der Waals surface area contributed by atoms with E-state index >= 15 is 0 Å². The topological polar surface area (TPSA) is 229 Å². The fourth-order valence-electron chi connectivity index (χ4n) is 4.79. The first kappa shape index (κ1) is 29.2. The smallest absolute Gasteiger partial charge is 0.229 e. The molecule has 0 amide bonds. The summed E-state index contributed by atoms with van der Waals surface area (Å²) >= 11 is 0. The summed E-state index contributed by atoms with van der Waals surface area (Å²) in [4.78, 5) is 12.8. The number of ether oxygens (including phenoxy) is 4. The summed E-state index contributed by atoms with van der Waals surface area (Å²) in [5, 5.41) is 81.4. The van der Waals surface area contributed by atoms with Gasteiger partial charge >= 0.3 is 0 Å². The molecule has 3 aromatic rings. The molecule has 0 unspecified atom stereocenters. The molecule has 1 aromatic heterocycles. The Hall–Kier alpha value is -3.31. The Balaban J connectivity index is 1.47. The molecule has 0 radical (unpaired) electrons. The van der Waals surface area contributed by atoms with Crippen LogP contribution < -0.4 is 10.2 Å². The van der Waals surface area contributed by atoms with E-state index < -0.39 is 79.2 Å². The van der Waals surface area contributed by atoms with E-state index in [-0.39, 0.29) is 28.2 Å². The molecule has 2 aliphatic heterocycles. The second-order valence-electron chi connectivity index (χ2n) is 9.94. The van der Waals surface area contributed by atoms with Crippen LogP contribution in [0, 0.1) is 0 Å². The first-order valence-electron chi connectivity index (χ1n) is 12.7. The zero-order chi connectivity index (χ0) is 29.6. The van der Waals surface area contributed by atoms with Gasteiger partial charge in [-0.3, -0.25) is 4.79 Å². The number of fused-ring (bicyclic) bond motifs is 1. The van der Waals surface area contributed by atoms with Gasteiger partial charge < -0.3 is 64.2 Å². The average Bonchev–Trinajstić information content (AvgIpc) is 2.94. The van der Waals surface area contributed by atoms with Gasteiger partial charge in [0.05, 0.1) is 12.7 Å². The van der Waals surface area contributed by atoms with Crippen molar-refractivity contribution in [2.75, 3.05) is 6.61 Å². The Morgan fingerprint density at radius 2 is 1.54 bits per heavy atom. The molecule has 2 aromatic carbocycles. The van der Waals surface area contributed by atoms with Crippen molar-refractivity contribution in [3.8, 4) is 28.6 Å². The minimum Gasteiger partial charge on any atom is -0.508 e. The fraction of sp³-hybridized carbons (Fsp3) is 0.444. The zero-order valence-corrected chi connectivity index (χ0v) is 21.5. The number of aromatic hydroxyl groups is 2. The van der Waals surface area contributed by atoms with Crippen LogP contribution in [0.15, 0.2) is 51.7 Å². The second-order valence-corrected chi connectivity index (χ2v) is 9.94. The Morgan fingerprint density at radius 1 is 0.829 bits per heavy atom. The molecule has 8 N–H and O–H groups in total. The maximum absolute atomic E-state index is 12.8. The quantitative estimate of drug-likeness (QED) is 0.174. The third-order valence-corrected chi connectivity index (χ3v) is 7.11. The van der Waals surface area contributed by atoms with E-state index in [1.807, 2.05) is 0 Å². The molecule has 0 bridgehead atoms. The van der Waals surface area contributed by atoms with Crippen molar-refractivity contribution < 1.29 is 64.2 Å². The van der Waals surface area contributed by atoms with Gasteiger partial charge in [0.15, 0.2) is 17.8 Å². The normalized spacial score (nSPS) is 34.0. The van der Waals surface area contributed by atoms with Crippen LogP contribution in [0.5, 0.6) is 17.2 Å². The van der Waals surface area contributed by atoms with Crippen molar-refractivity contribution in [2.24, 2.45) is 0 Å². The van der Waals surface area contributed by atoms with Crippen molar-refractivity contribution in [3.05, 3.63) is 52.7 Å². The summed E-state index contributed by atoms with van der Waals surface area (Å²) in [6.07, 6.45) is -15.3. The van der Waals surface area contributed by atoms with E-state index in [9.17, 15) is 45.6 Å². The molecule has 3 heterocycles. The van der Waals surface area contributed by atoms with Crippen molar-refractivity contribution in [1.82, 2.24) is 0 Å². The van der Waals surface area contributed by atoms with Crippen LogP contribution in [-0.2, 0) is 14.2 Å². The van der Waals surface area contributed by atoms with Gasteiger partial charge in [0.25, 0.3) is 0 Å². The highest BCUT2D eigenvalue weighted by molar-refractivity contribution is 5.86. The molecule has 5 rings (SSSR count). The number of phenolic OH excluding ortho intramolecular Hbond substituents is 2. The Morgan fingerprint density at radius 3 is 2.22 bits per heavy atom. The molecule has 0 spiro atoms. The molecule has 222 valence electrons. The fourth-order valence-corrected chi connectivity index (χ4v) is 4.79. The third kappa shape index (κ3) is 5.61. The number of hydrogen-bond acceptors (Lipinski definition) is 14. The van der Waals surface area contributed by atoms with Gasteiger partial charge in [-0.05, 0) is 31.2 Å². The molecular weight excluding hydrogens is 548 g/mol. The first-order chi connectivity index (χ1) is 19.5. The van der Waals surface area contributed by atoms with Crippen LogP contribution in [0.3, 0.4) is 0 Å². The van der Waals surface area contributed by atoms with Gasteiger partial charge in [-0.1, -0.05) is 0 Å². The summed E-state index contributed by atoms with van der Waals surface area (Å²) < 4.78 is 28.4.